The van der Waals surface area contributed by atoms with Crippen molar-refractivity contribution in [2.75, 3.05) is 0 Å². The van der Waals surface area contributed by atoms with Gasteiger partial charge < -0.3 is 10.1 Å². The minimum absolute atomic E-state index is 0.0718. The molecule has 3 heteroatoms. The normalized spacial score (nSPS) is 10.2. The van der Waals surface area contributed by atoms with Gasteiger partial charge in [-0.05, 0) is 31.5 Å². The second-order valence-electron chi connectivity index (χ2n) is 3.94. The third-order valence-corrected chi connectivity index (χ3v) is 2.11. The Morgan fingerprint density at radius 1 is 1.31 bits per heavy atom. The van der Waals surface area contributed by atoms with Crippen molar-refractivity contribution in [3.8, 4) is 5.75 Å². The minimum atomic E-state index is 0.0718. The molecule has 1 N–H and O–H groups in total. The molecule has 1 amide bonds. The molecule has 0 radical (unpaired) electrons. The SMILES string of the molecule is CCC(=O)NCc1ccc(OC(C)C)cc1. The molecule has 0 saturated carbocycles. The first kappa shape index (κ1) is 12.6. The summed E-state index contributed by atoms with van der Waals surface area (Å²) in [6.07, 6.45) is 0.708. The van der Waals surface area contributed by atoms with E-state index in [0.717, 1.165) is 11.3 Å². The van der Waals surface area contributed by atoms with Crippen LogP contribution in [0.25, 0.3) is 0 Å². The Bertz CT molecular complexity index is 330. The molecule has 0 unspecified atom stereocenters. The van der Waals surface area contributed by atoms with Gasteiger partial charge in [0.05, 0.1) is 6.10 Å². The maximum Gasteiger partial charge on any atom is 0.219 e. The molecule has 0 aliphatic rings. The van der Waals surface area contributed by atoms with Gasteiger partial charge >= 0.3 is 0 Å². The van der Waals surface area contributed by atoms with Crippen molar-refractivity contribution >= 4 is 5.91 Å². The standard InChI is InChI=1S/C13H19NO2/c1-4-13(15)14-9-11-5-7-12(8-6-11)16-10(2)3/h5-8,10H,4,9H2,1-3H3,(H,14,15). The van der Waals surface area contributed by atoms with E-state index in [9.17, 15) is 4.79 Å². The molecule has 0 heterocycles. The summed E-state index contributed by atoms with van der Waals surface area (Å²) in [7, 11) is 0. The minimum Gasteiger partial charge on any atom is -0.491 e. The lowest BCUT2D eigenvalue weighted by atomic mass is 10.2. The van der Waals surface area contributed by atoms with Crippen molar-refractivity contribution in [1.29, 1.82) is 0 Å². The van der Waals surface area contributed by atoms with Crippen molar-refractivity contribution in [3.63, 3.8) is 0 Å². The van der Waals surface area contributed by atoms with E-state index < -0.39 is 0 Å². The molecule has 0 fully saturated rings. The van der Waals surface area contributed by atoms with E-state index in [-0.39, 0.29) is 12.0 Å². The van der Waals surface area contributed by atoms with E-state index in [2.05, 4.69) is 5.32 Å². The van der Waals surface area contributed by atoms with Crippen LogP contribution in [0.15, 0.2) is 24.3 Å². The summed E-state index contributed by atoms with van der Waals surface area (Å²) in [6, 6.07) is 7.78. The summed E-state index contributed by atoms with van der Waals surface area (Å²) >= 11 is 0. The highest BCUT2D eigenvalue weighted by molar-refractivity contribution is 5.75. The van der Waals surface area contributed by atoms with Crippen LogP contribution in [-0.2, 0) is 11.3 Å². The number of rotatable bonds is 5. The van der Waals surface area contributed by atoms with Crippen molar-refractivity contribution < 1.29 is 9.53 Å². The number of amides is 1. The third kappa shape index (κ3) is 4.34. The van der Waals surface area contributed by atoms with Crippen LogP contribution >= 0.6 is 0 Å². The molecule has 88 valence electrons. The number of hydrogen-bond donors (Lipinski definition) is 1. The van der Waals surface area contributed by atoms with E-state index in [1.807, 2.05) is 45.0 Å². The lowest BCUT2D eigenvalue weighted by molar-refractivity contribution is -0.120. The lowest BCUT2D eigenvalue weighted by Crippen LogP contribution is -2.21. The number of carbonyl (C=O) groups excluding carboxylic acids is 1. The molecule has 0 aromatic heterocycles. The third-order valence-electron chi connectivity index (χ3n) is 2.11. The summed E-state index contributed by atoms with van der Waals surface area (Å²) in [5.74, 6) is 0.933. The van der Waals surface area contributed by atoms with Crippen LogP contribution in [0.2, 0.25) is 0 Å². The summed E-state index contributed by atoms with van der Waals surface area (Å²) in [6.45, 7) is 6.41. The number of benzene rings is 1. The summed E-state index contributed by atoms with van der Waals surface area (Å²) in [4.78, 5) is 11.1. The van der Waals surface area contributed by atoms with Crippen molar-refractivity contribution in [2.45, 2.75) is 39.8 Å². The fourth-order valence-electron chi connectivity index (χ4n) is 1.28. The van der Waals surface area contributed by atoms with Gasteiger partial charge in [-0.15, -0.1) is 0 Å². The Morgan fingerprint density at radius 2 is 1.94 bits per heavy atom. The van der Waals surface area contributed by atoms with Crippen molar-refractivity contribution in [3.05, 3.63) is 29.8 Å². The van der Waals surface area contributed by atoms with Gasteiger partial charge in [-0.3, -0.25) is 4.79 Å². The first-order valence-corrected chi connectivity index (χ1v) is 5.64. The molecule has 0 spiro atoms. The van der Waals surface area contributed by atoms with Gasteiger partial charge in [0.15, 0.2) is 0 Å². The summed E-state index contributed by atoms with van der Waals surface area (Å²) < 4.78 is 5.53. The fourth-order valence-corrected chi connectivity index (χ4v) is 1.28. The van der Waals surface area contributed by atoms with Crippen molar-refractivity contribution in [1.82, 2.24) is 5.32 Å². The van der Waals surface area contributed by atoms with Crippen LogP contribution < -0.4 is 10.1 Å². The molecule has 1 rings (SSSR count). The summed E-state index contributed by atoms with van der Waals surface area (Å²) in [5.41, 5.74) is 1.08. The Labute approximate surface area is 96.8 Å². The van der Waals surface area contributed by atoms with Crippen LogP contribution in [0.5, 0.6) is 5.75 Å². The molecular weight excluding hydrogens is 202 g/mol. The first-order valence-electron chi connectivity index (χ1n) is 5.64. The molecule has 0 bridgehead atoms. The number of nitrogens with one attached hydrogen (secondary N) is 1. The number of hydrogen-bond acceptors (Lipinski definition) is 2. The van der Waals surface area contributed by atoms with Crippen LogP contribution in [0.1, 0.15) is 32.8 Å². The zero-order chi connectivity index (χ0) is 12.0. The van der Waals surface area contributed by atoms with Gasteiger partial charge in [0, 0.05) is 13.0 Å². The topological polar surface area (TPSA) is 38.3 Å². The van der Waals surface area contributed by atoms with Crippen LogP contribution in [0.4, 0.5) is 0 Å². The Hall–Kier alpha value is -1.51. The Kier molecular flexibility index (Phi) is 4.83. The first-order chi connectivity index (χ1) is 7.61. The molecule has 16 heavy (non-hydrogen) atoms. The Morgan fingerprint density at radius 3 is 2.44 bits per heavy atom. The average molecular weight is 221 g/mol. The molecule has 1 aromatic carbocycles. The van der Waals surface area contributed by atoms with Gasteiger partial charge in [-0.25, -0.2) is 0 Å². The quantitative estimate of drug-likeness (QED) is 0.829. The molecule has 0 aliphatic carbocycles. The second-order valence-corrected chi connectivity index (χ2v) is 3.94. The van der Waals surface area contributed by atoms with E-state index in [1.165, 1.54) is 0 Å². The van der Waals surface area contributed by atoms with Crippen molar-refractivity contribution in [2.24, 2.45) is 0 Å². The van der Waals surface area contributed by atoms with Gasteiger partial charge in [0.2, 0.25) is 5.91 Å². The molecule has 1 aromatic rings. The maximum absolute atomic E-state index is 11.1. The predicted octanol–water partition coefficient (Wildman–Crippen LogP) is 2.50. The Balaban J connectivity index is 2.48. The number of ether oxygens (including phenoxy) is 1. The molecule has 3 nitrogen and oxygen atoms in total. The van der Waals surface area contributed by atoms with E-state index in [0.29, 0.717) is 13.0 Å². The highest BCUT2D eigenvalue weighted by atomic mass is 16.5. The fraction of sp³-hybridized carbons (Fsp3) is 0.462. The number of carbonyl (C=O) groups is 1. The zero-order valence-corrected chi connectivity index (χ0v) is 10.1. The molecular formula is C13H19NO2. The molecule has 0 saturated heterocycles. The average Bonchev–Trinajstić information content (AvgIpc) is 2.27. The van der Waals surface area contributed by atoms with E-state index >= 15 is 0 Å². The van der Waals surface area contributed by atoms with E-state index in [1.54, 1.807) is 0 Å². The lowest BCUT2D eigenvalue weighted by Gasteiger charge is -2.10. The van der Waals surface area contributed by atoms with Gasteiger partial charge in [-0.1, -0.05) is 19.1 Å². The van der Waals surface area contributed by atoms with Gasteiger partial charge in [0.1, 0.15) is 5.75 Å². The maximum atomic E-state index is 11.1. The molecule has 0 atom stereocenters. The van der Waals surface area contributed by atoms with Gasteiger partial charge in [-0.2, -0.15) is 0 Å². The second kappa shape index (κ2) is 6.16. The zero-order valence-electron chi connectivity index (χ0n) is 10.1. The van der Waals surface area contributed by atoms with Crippen LogP contribution in [-0.4, -0.2) is 12.0 Å². The van der Waals surface area contributed by atoms with Crippen LogP contribution in [0, 0.1) is 0 Å². The highest BCUT2D eigenvalue weighted by Crippen LogP contribution is 2.13. The largest absolute Gasteiger partial charge is 0.491 e. The smallest absolute Gasteiger partial charge is 0.219 e. The highest BCUT2D eigenvalue weighted by Gasteiger charge is 1.99. The predicted molar refractivity (Wildman–Crippen MR) is 64.3 cm³/mol. The summed E-state index contributed by atoms with van der Waals surface area (Å²) in [5, 5.41) is 2.83. The van der Waals surface area contributed by atoms with Crippen LogP contribution in [0.3, 0.4) is 0 Å². The van der Waals surface area contributed by atoms with Gasteiger partial charge in [0.25, 0.3) is 0 Å². The molecule has 0 aliphatic heterocycles. The monoisotopic (exact) mass is 221 g/mol. The van der Waals surface area contributed by atoms with E-state index in [4.69, 9.17) is 4.74 Å².